The lowest BCUT2D eigenvalue weighted by molar-refractivity contribution is -0.139. The average Bonchev–Trinajstić information content (AvgIpc) is 2.69. The molecule has 0 unspecified atom stereocenters. The van der Waals surface area contributed by atoms with Crippen molar-refractivity contribution in [1.29, 1.82) is 0 Å². The normalized spacial score (nSPS) is 25.8. The number of nitrogens with one attached hydrogen (secondary N) is 1. The van der Waals surface area contributed by atoms with E-state index in [1.54, 1.807) is 0 Å². The molecule has 1 aromatic carbocycles. The first kappa shape index (κ1) is 17.8. The lowest BCUT2D eigenvalue weighted by Crippen LogP contribution is -2.51. The van der Waals surface area contributed by atoms with E-state index in [1.165, 1.54) is 0 Å². The molecule has 1 spiro atoms. The highest BCUT2D eigenvalue weighted by Crippen LogP contribution is 2.34. The van der Waals surface area contributed by atoms with Crippen molar-refractivity contribution in [2.75, 3.05) is 51.0 Å². The van der Waals surface area contributed by atoms with E-state index in [-0.39, 0.29) is 17.6 Å². The predicted molar refractivity (Wildman–Crippen MR) is 98.7 cm³/mol. The van der Waals surface area contributed by atoms with Crippen molar-refractivity contribution in [2.24, 2.45) is 0 Å². The van der Waals surface area contributed by atoms with Crippen molar-refractivity contribution in [2.45, 2.75) is 37.3 Å². The molecular weight excluding hydrogens is 332 g/mol. The number of amides is 1. The molecule has 26 heavy (non-hydrogen) atoms. The maximum atomic E-state index is 13.0. The van der Waals surface area contributed by atoms with Gasteiger partial charge in [0.25, 0.3) is 5.91 Å². The van der Waals surface area contributed by atoms with E-state index in [0.29, 0.717) is 19.8 Å². The molecule has 0 bridgehead atoms. The summed E-state index contributed by atoms with van der Waals surface area (Å²) in [5.41, 5.74) is 1.64. The van der Waals surface area contributed by atoms with Gasteiger partial charge in [0.1, 0.15) is 0 Å². The van der Waals surface area contributed by atoms with Crippen LogP contribution in [-0.2, 0) is 14.2 Å². The van der Waals surface area contributed by atoms with Crippen LogP contribution in [-0.4, -0.2) is 63.7 Å². The monoisotopic (exact) mass is 360 g/mol. The van der Waals surface area contributed by atoms with Crippen molar-refractivity contribution in [3.63, 3.8) is 0 Å². The van der Waals surface area contributed by atoms with Gasteiger partial charge < -0.3 is 24.4 Å². The highest BCUT2D eigenvalue weighted by molar-refractivity contribution is 6.00. The largest absolute Gasteiger partial charge is 0.381 e. The van der Waals surface area contributed by atoms with E-state index >= 15 is 0 Å². The van der Waals surface area contributed by atoms with Gasteiger partial charge in [-0.25, -0.2) is 0 Å². The average molecular weight is 360 g/mol. The highest BCUT2D eigenvalue weighted by Gasteiger charge is 2.39. The van der Waals surface area contributed by atoms with Crippen LogP contribution in [0.3, 0.4) is 0 Å². The number of carbonyl (C=O) groups is 1. The number of anilines is 1. The van der Waals surface area contributed by atoms with Crippen LogP contribution in [0.15, 0.2) is 24.3 Å². The Kier molecular flexibility index (Phi) is 5.43. The minimum absolute atomic E-state index is 0.0150. The van der Waals surface area contributed by atoms with E-state index in [2.05, 4.69) is 10.2 Å². The van der Waals surface area contributed by atoms with Crippen molar-refractivity contribution in [3.05, 3.63) is 29.8 Å². The molecule has 0 radical (unpaired) electrons. The second-order valence-corrected chi connectivity index (χ2v) is 7.42. The van der Waals surface area contributed by atoms with E-state index in [0.717, 1.165) is 63.2 Å². The quantitative estimate of drug-likeness (QED) is 0.893. The molecular formula is C20H28N2O4. The summed E-state index contributed by atoms with van der Waals surface area (Å²) in [6, 6.07) is 8.04. The zero-order valence-electron chi connectivity index (χ0n) is 15.2. The Morgan fingerprint density at radius 2 is 1.77 bits per heavy atom. The van der Waals surface area contributed by atoms with E-state index in [1.807, 2.05) is 24.3 Å². The van der Waals surface area contributed by atoms with Crippen LogP contribution < -0.4 is 10.2 Å². The van der Waals surface area contributed by atoms with E-state index in [4.69, 9.17) is 14.2 Å². The molecule has 6 heteroatoms. The molecule has 4 rings (SSSR count). The Bertz CT molecular complexity index is 618. The number of rotatable bonds is 3. The Balaban J connectivity index is 1.45. The van der Waals surface area contributed by atoms with Crippen LogP contribution in [0.4, 0.5) is 5.69 Å². The molecule has 1 atom stereocenters. The van der Waals surface area contributed by atoms with Gasteiger partial charge >= 0.3 is 0 Å². The van der Waals surface area contributed by atoms with Crippen molar-refractivity contribution in [1.82, 2.24) is 5.32 Å². The standard InChI is InChI=1S/C20H28N2O4/c23-19(17-3-1-2-4-18(17)22-8-13-25-14-9-22)21-16-5-10-26-20(15-16)6-11-24-12-7-20/h1-4,16H,5-15H2,(H,21,23)/t16-/m0/s1. The third-order valence-electron chi connectivity index (χ3n) is 5.73. The second-order valence-electron chi connectivity index (χ2n) is 7.42. The molecule has 0 aromatic heterocycles. The van der Waals surface area contributed by atoms with Gasteiger partial charge in [-0.2, -0.15) is 0 Å². The third kappa shape index (κ3) is 3.87. The minimum Gasteiger partial charge on any atom is -0.381 e. The zero-order chi connectivity index (χ0) is 17.8. The van der Waals surface area contributed by atoms with Crippen LogP contribution >= 0.6 is 0 Å². The van der Waals surface area contributed by atoms with Gasteiger partial charge in [-0.05, 0) is 37.8 Å². The number of benzene rings is 1. The number of nitrogens with zero attached hydrogens (tertiary/aromatic N) is 1. The fourth-order valence-corrected chi connectivity index (χ4v) is 4.25. The molecule has 1 N–H and O–H groups in total. The molecule has 142 valence electrons. The Morgan fingerprint density at radius 3 is 2.58 bits per heavy atom. The summed E-state index contributed by atoms with van der Waals surface area (Å²) < 4.78 is 17.0. The topological polar surface area (TPSA) is 60.0 Å². The minimum atomic E-state index is -0.113. The van der Waals surface area contributed by atoms with Crippen molar-refractivity contribution in [3.8, 4) is 0 Å². The molecule has 0 saturated carbocycles. The highest BCUT2D eigenvalue weighted by atomic mass is 16.5. The number of morpholine rings is 1. The van der Waals surface area contributed by atoms with Crippen LogP contribution in [0.5, 0.6) is 0 Å². The van der Waals surface area contributed by atoms with Crippen LogP contribution in [0.2, 0.25) is 0 Å². The van der Waals surface area contributed by atoms with Crippen LogP contribution in [0, 0.1) is 0 Å². The first-order chi connectivity index (χ1) is 12.8. The van der Waals surface area contributed by atoms with Gasteiger partial charge in [0.2, 0.25) is 0 Å². The first-order valence-electron chi connectivity index (χ1n) is 9.70. The number of hydrogen-bond acceptors (Lipinski definition) is 5. The fourth-order valence-electron chi connectivity index (χ4n) is 4.25. The van der Waals surface area contributed by atoms with Crippen LogP contribution in [0.1, 0.15) is 36.0 Å². The Morgan fingerprint density at radius 1 is 1.04 bits per heavy atom. The van der Waals surface area contributed by atoms with E-state index in [9.17, 15) is 4.79 Å². The van der Waals surface area contributed by atoms with Crippen LogP contribution in [0.25, 0.3) is 0 Å². The molecule has 3 fully saturated rings. The van der Waals surface area contributed by atoms with Gasteiger partial charge in [-0.1, -0.05) is 12.1 Å². The van der Waals surface area contributed by atoms with Crippen molar-refractivity contribution >= 4 is 11.6 Å². The van der Waals surface area contributed by atoms with Gasteiger partial charge in [-0.3, -0.25) is 4.79 Å². The third-order valence-corrected chi connectivity index (χ3v) is 5.73. The number of para-hydroxylation sites is 1. The Hall–Kier alpha value is -1.63. The summed E-state index contributed by atoms with van der Waals surface area (Å²) in [4.78, 5) is 15.3. The van der Waals surface area contributed by atoms with Gasteiger partial charge in [-0.15, -0.1) is 0 Å². The van der Waals surface area contributed by atoms with Gasteiger partial charge in [0.05, 0.1) is 24.4 Å². The van der Waals surface area contributed by atoms with Crippen molar-refractivity contribution < 1.29 is 19.0 Å². The second kappa shape index (κ2) is 7.94. The fraction of sp³-hybridized carbons (Fsp3) is 0.650. The molecule has 3 aliphatic heterocycles. The summed E-state index contributed by atoms with van der Waals surface area (Å²) in [6.07, 6.45) is 3.59. The number of ether oxygens (including phenoxy) is 3. The Labute approximate surface area is 154 Å². The summed E-state index contributed by atoms with van der Waals surface area (Å²) >= 11 is 0. The summed E-state index contributed by atoms with van der Waals surface area (Å²) in [5, 5.41) is 3.27. The molecule has 1 aromatic rings. The number of carbonyl (C=O) groups excluding carboxylic acids is 1. The molecule has 3 saturated heterocycles. The maximum absolute atomic E-state index is 13.0. The molecule has 0 aliphatic carbocycles. The lowest BCUT2D eigenvalue weighted by atomic mass is 9.84. The maximum Gasteiger partial charge on any atom is 0.253 e. The molecule has 6 nitrogen and oxygen atoms in total. The number of hydrogen-bond donors (Lipinski definition) is 1. The zero-order valence-corrected chi connectivity index (χ0v) is 15.2. The first-order valence-corrected chi connectivity index (χ1v) is 9.70. The summed E-state index contributed by atoms with van der Waals surface area (Å²) in [7, 11) is 0. The smallest absolute Gasteiger partial charge is 0.253 e. The molecule has 1 amide bonds. The molecule has 3 aliphatic rings. The summed E-state index contributed by atoms with van der Waals surface area (Å²) in [5.74, 6) is 0.0150. The molecule has 3 heterocycles. The lowest BCUT2D eigenvalue weighted by Gasteiger charge is -2.43. The van der Waals surface area contributed by atoms with E-state index < -0.39 is 0 Å². The SMILES string of the molecule is O=C(N[C@H]1CCOC2(CCOCC2)C1)c1ccccc1N1CCOCC1. The summed E-state index contributed by atoms with van der Waals surface area (Å²) in [6.45, 7) is 5.27. The van der Waals surface area contributed by atoms with Gasteiger partial charge in [0.15, 0.2) is 0 Å². The predicted octanol–water partition coefficient (Wildman–Crippen LogP) is 1.98. The van der Waals surface area contributed by atoms with Gasteiger partial charge in [0, 0.05) is 44.6 Å².